The zero-order chi connectivity index (χ0) is 12.9. The summed E-state index contributed by atoms with van der Waals surface area (Å²) in [5.41, 5.74) is -0.131. The molecular formula is C11H16F3NO2. The van der Waals surface area contributed by atoms with Crippen LogP contribution in [0.4, 0.5) is 13.2 Å². The van der Waals surface area contributed by atoms with Crippen molar-refractivity contribution in [3.63, 3.8) is 0 Å². The Morgan fingerprint density at radius 1 is 1.47 bits per heavy atom. The van der Waals surface area contributed by atoms with Gasteiger partial charge < -0.3 is 14.4 Å². The lowest BCUT2D eigenvalue weighted by Crippen LogP contribution is -2.19. The summed E-state index contributed by atoms with van der Waals surface area (Å²) in [5, 5.41) is 9.02. The number of halogens is 3. The van der Waals surface area contributed by atoms with E-state index in [1.807, 2.05) is 6.92 Å². The summed E-state index contributed by atoms with van der Waals surface area (Å²) in [4.78, 5) is 0. The van der Waals surface area contributed by atoms with Crippen LogP contribution in [0.5, 0.6) is 0 Å². The van der Waals surface area contributed by atoms with Crippen molar-refractivity contribution in [3.05, 3.63) is 24.0 Å². The zero-order valence-corrected chi connectivity index (χ0v) is 9.57. The first-order valence-electron chi connectivity index (χ1n) is 5.43. The second kappa shape index (κ2) is 6.07. The van der Waals surface area contributed by atoms with Crippen molar-refractivity contribution >= 4 is 0 Å². The first-order valence-corrected chi connectivity index (χ1v) is 5.43. The zero-order valence-electron chi connectivity index (χ0n) is 9.57. The number of hydrogen-bond donors (Lipinski definition) is 1. The van der Waals surface area contributed by atoms with E-state index in [4.69, 9.17) is 9.84 Å². The summed E-state index contributed by atoms with van der Waals surface area (Å²) >= 11 is 0. The van der Waals surface area contributed by atoms with Gasteiger partial charge in [0.1, 0.15) is 0 Å². The lowest BCUT2D eigenvalue weighted by atomic mass is 10.2. The molecule has 0 spiro atoms. The van der Waals surface area contributed by atoms with E-state index in [-0.39, 0.29) is 5.56 Å². The fraction of sp³-hybridized carbons (Fsp3) is 0.636. The molecule has 1 aromatic rings. The Morgan fingerprint density at radius 2 is 2.18 bits per heavy atom. The Balaban J connectivity index is 2.48. The van der Waals surface area contributed by atoms with Gasteiger partial charge in [0.05, 0.1) is 0 Å². The number of alkyl halides is 3. The summed E-state index contributed by atoms with van der Waals surface area (Å²) < 4.78 is 43.4. The van der Waals surface area contributed by atoms with E-state index in [0.29, 0.717) is 19.8 Å². The van der Waals surface area contributed by atoms with Gasteiger partial charge in [-0.2, -0.15) is 13.2 Å². The smallest absolute Gasteiger partial charge is 0.382 e. The average Bonchev–Trinajstić information content (AvgIpc) is 2.70. The van der Waals surface area contributed by atoms with Gasteiger partial charge in [0.2, 0.25) is 0 Å². The monoisotopic (exact) mass is 251 g/mol. The predicted octanol–water partition coefficient (Wildman–Crippen LogP) is 2.51. The molecule has 0 amide bonds. The number of hydrogen-bond acceptors (Lipinski definition) is 2. The van der Waals surface area contributed by atoms with Gasteiger partial charge in [0.25, 0.3) is 0 Å². The summed E-state index contributed by atoms with van der Waals surface area (Å²) in [5.74, 6) is 0. The van der Waals surface area contributed by atoms with E-state index in [0.717, 1.165) is 6.42 Å². The van der Waals surface area contributed by atoms with E-state index in [9.17, 15) is 13.2 Å². The molecule has 1 aromatic heterocycles. The van der Waals surface area contributed by atoms with Crippen LogP contribution in [-0.4, -0.2) is 29.1 Å². The van der Waals surface area contributed by atoms with Crippen LogP contribution in [-0.2, 0) is 11.3 Å². The molecule has 0 aromatic carbocycles. The highest BCUT2D eigenvalue weighted by Crippen LogP contribution is 2.32. The van der Waals surface area contributed by atoms with Gasteiger partial charge in [-0.25, -0.2) is 0 Å². The molecule has 0 radical (unpaired) electrons. The third-order valence-corrected chi connectivity index (χ3v) is 2.31. The number of nitrogens with zero attached hydrogens (tertiary/aromatic N) is 1. The van der Waals surface area contributed by atoms with Crippen LogP contribution in [0.3, 0.4) is 0 Å². The first kappa shape index (κ1) is 14.1. The third kappa shape index (κ3) is 4.40. The largest absolute Gasteiger partial charge is 0.418 e. The van der Waals surface area contributed by atoms with E-state index in [1.54, 1.807) is 4.57 Å². The Labute approximate surface area is 97.8 Å². The molecular weight excluding hydrogens is 235 g/mol. The van der Waals surface area contributed by atoms with E-state index in [1.165, 1.54) is 18.5 Å². The van der Waals surface area contributed by atoms with Crippen molar-refractivity contribution < 1.29 is 23.0 Å². The Hall–Kier alpha value is -1.01. The first-order chi connectivity index (χ1) is 7.95. The van der Waals surface area contributed by atoms with Crippen LogP contribution < -0.4 is 0 Å². The highest BCUT2D eigenvalue weighted by molar-refractivity contribution is 5.15. The molecule has 1 N–H and O–H groups in total. The molecule has 1 rings (SSSR count). The lowest BCUT2D eigenvalue weighted by Gasteiger charge is -2.12. The fourth-order valence-electron chi connectivity index (χ4n) is 1.44. The van der Waals surface area contributed by atoms with Gasteiger partial charge in [-0.1, -0.05) is 0 Å². The number of ether oxygens (including phenoxy) is 1. The highest BCUT2D eigenvalue weighted by Gasteiger charge is 2.39. The van der Waals surface area contributed by atoms with Crippen LogP contribution in [0, 0.1) is 0 Å². The molecule has 1 atom stereocenters. The molecule has 0 bridgehead atoms. The van der Waals surface area contributed by atoms with Crippen molar-refractivity contribution in [1.82, 2.24) is 4.57 Å². The second-order valence-corrected chi connectivity index (χ2v) is 3.68. The summed E-state index contributed by atoms with van der Waals surface area (Å²) in [6, 6.07) is 1.28. The standard InChI is InChI=1S/C11H16F3NO2/c1-2-17-7-3-5-15-6-4-9(8-15)10(16)11(12,13)14/h4,6,8,10,16H,2-3,5,7H2,1H3. The van der Waals surface area contributed by atoms with Crippen molar-refractivity contribution in [2.45, 2.75) is 32.2 Å². The highest BCUT2D eigenvalue weighted by atomic mass is 19.4. The third-order valence-electron chi connectivity index (χ3n) is 2.31. The quantitative estimate of drug-likeness (QED) is 0.788. The summed E-state index contributed by atoms with van der Waals surface area (Å²) in [7, 11) is 0. The van der Waals surface area contributed by atoms with Gasteiger partial charge >= 0.3 is 6.18 Å². The normalized spacial score (nSPS) is 13.9. The molecule has 0 saturated heterocycles. The predicted molar refractivity (Wildman–Crippen MR) is 56.6 cm³/mol. The Bertz CT molecular complexity index is 336. The van der Waals surface area contributed by atoms with Crippen molar-refractivity contribution in [3.8, 4) is 0 Å². The Morgan fingerprint density at radius 3 is 2.76 bits per heavy atom. The van der Waals surface area contributed by atoms with Gasteiger partial charge in [-0.05, 0) is 19.4 Å². The van der Waals surface area contributed by atoms with Crippen molar-refractivity contribution in [2.75, 3.05) is 13.2 Å². The van der Waals surface area contributed by atoms with Crippen LogP contribution in [0.2, 0.25) is 0 Å². The van der Waals surface area contributed by atoms with Crippen LogP contribution >= 0.6 is 0 Å². The minimum absolute atomic E-state index is 0.131. The minimum atomic E-state index is -4.61. The fourth-order valence-corrected chi connectivity index (χ4v) is 1.44. The van der Waals surface area contributed by atoms with Crippen LogP contribution in [0.1, 0.15) is 25.0 Å². The topological polar surface area (TPSA) is 34.4 Å². The summed E-state index contributed by atoms with van der Waals surface area (Å²) in [6.45, 7) is 3.66. The second-order valence-electron chi connectivity index (χ2n) is 3.68. The summed E-state index contributed by atoms with van der Waals surface area (Å²) in [6.07, 6.45) is -3.46. The van der Waals surface area contributed by atoms with Crippen molar-refractivity contribution in [1.29, 1.82) is 0 Å². The van der Waals surface area contributed by atoms with E-state index in [2.05, 4.69) is 0 Å². The Kier molecular flexibility index (Phi) is 5.02. The van der Waals surface area contributed by atoms with Crippen LogP contribution in [0.25, 0.3) is 0 Å². The maximum Gasteiger partial charge on any atom is 0.418 e. The SMILES string of the molecule is CCOCCCn1ccc(C(O)C(F)(F)F)c1. The molecule has 1 heterocycles. The minimum Gasteiger partial charge on any atom is -0.382 e. The number of aromatic nitrogens is 1. The van der Waals surface area contributed by atoms with Gasteiger partial charge in [-0.15, -0.1) is 0 Å². The molecule has 17 heavy (non-hydrogen) atoms. The molecule has 1 unspecified atom stereocenters. The molecule has 0 aliphatic carbocycles. The molecule has 6 heteroatoms. The maximum absolute atomic E-state index is 12.2. The average molecular weight is 251 g/mol. The molecule has 0 saturated carbocycles. The number of rotatable bonds is 6. The molecule has 0 fully saturated rings. The van der Waals surface area contributed by atoms with Gasteiger partial charge in [0, 0.05) is 37.7 Å². The number of aliphatic hydroxyl groups is 1. The molecule has 3 nitrogen and oxygen atoms in total. The van der Waals surface area contributed by atoms with Crippen LogP contribution in [0.15, 0.2) is 18.5 Å². The van der Waals surface area contributed by atoms with E-state index >= 15 is 0 Å². The maximum atomic E-state index is 12.2. The van der Waals surface area contributed by atoms with E-state index < -0.39 is 12.3 Å². The van der Waals surface area contributed by atoms with Gasteiger partial charge in [-0.3, -0.25) is 0 Å². The lowest BCUT2D eigenvalue weighted by molar-refractivity contribution is -0.206. The molecule has 98 valence electrons. The molecule has 0 aliphatic heterocycles. The number of aryl methyl sites for hydroxylation is 1. The van der Waals surface area contributed by atoms with Gasteiger partial charge in [0.15, 0.2) is 6.10 Å². The molecule has 0 aliphatic rings. The number of aliphatic hydroxyl groups excluding tert-OH is 1. The van der Waals surface area contributed by atoms with Crippen molar-refractivity contribution in [2.24, 2.45) is 0 Å².